The number of rotatable bonds is 4. The largest absolute Gasteiger partial charge is 0.462 e. The van der Waals surface area contributed by atoms with Crippen molar-refractivity contribution in [2.24, 2.45) is 5.92 Å². The molecule has 0 unspecified atom stereocenters. The number of aromatic nitrogens is 1. The third kappa shape index (κ3) is 5.19. The second-order valence-electron chi connectivity index (χ2n) is 4.08. The number of nitrogens with one attached hydrogen (secondary N) is 1. The molecule has 1 aromatic rings. The summed E-state index contributed by atoms with van der Waals surface area (Å²) in [6.45, 7) is 6.48. The van der Waals surface area contributed by atoms with Crippen molar-refractivity contribution < 1.29 is 9.53 Å². The van der Waals surface area contributed by atoms with Crippen LogP contribution in [0.2, 0.25) is 5.15 Å². The normalized spacial score (nSPS) is 9.74. The van der Waals surface area contributed by atoms with Crippen LogP contribution in [0.4, 0.5) is 5.82 Å². The summed E-state index contributed by atoms with van der Waals surface area (Å²) in [6.07, 6.45) is 0. The van der Waals surface area contributed by atoms with Gasteiger partial charge in [0.2, 0.25) is 0 Å². The van der Waals surface area contributed by atoms with Gasteiger partial charge in [-0.1, -0.05) is 37.3 Å². The minimum Gasteiger partial charge on any atom is -0.462 e. The molecule has 0 amide bonds. The van der Waals surface area contributed by atoms with E-state index in [9.17, 15) is 4.79 Å². The molecule has 0 bridgehead atoms. The number of esters is 1. The van der Waals surface area contributed by atoms with Crippen LogP contribution in [-0.4, -0.2) is 24.1 Å². The van der Waals surface area contributed by atoms with E-state index in [-0.39, 0.29) is 0 Å². The molecule has 1 heterocycles. The maximum absolute atomic E-state index is 11.7. The number of nitrogens with zero attached hydrogens (tertiary/aromatic N) is 1. The van der Waals surface area contributed by atoms with Gasteiger partial charge in [0.15, 0.2) is 0 Å². The van der Waals surface area contributed by atoms with Crippen LogP contribution in [0, 0.1) is 17.8 Å². The third-order valence-electron chi connectivity index (χ3n) is 2.09. The predicted molar refractivity (Wildman–Crippen MR) is 76.3 cm³/mol. The molecule has 0 aromatic carbocycles. The van der Waals surface area contributed by atoms with Crippen molar-refractivity contribution >= 4 is 23.4 Å². The van der Waals surface area contributed by atoms with Crippen molar-refractivity contribution in [3.8, 4) is 11.8 Å². The van der Waals surface area contributed by atoms with Crippen LogP contribution in [0.1, 0.15) is 31.1 Å². The van der Waals surface area contributed by atoms with Crippen molar-refractivity contribution in [2.75, 3.05) is 18.5 Å². The number of hydrogen-bond donors (Lipinski definition) is 1. The Morgan fingerprint density at radius 2 is 2.26 bits per heavy atom. The number of carbonyl (C=O) groups is 1. The summed E-state index contributed by atoms with van der Waals surface area (Å²) in [5.41, 5.74) is 0.359. The van der Waals surface area contributed by atoms with E-state index >= 15 is 0 Å². The number of carbonyl (C=O) groups excluding carboxylic acids is 1. The summed E-state index contributed by atoms with van der Waals surface area (Å²) in [5, 5.41) is 3.29. The maximum atomic E-state index is 11.7. The molecule has 102 valence electrons. The predicted octanol–water partition coefficient (Wildman–Crippen LogP) is 2.98. The molecule has 1 N–H and O–H groups in total. The summed E-state index contributed by atoms with van der Waals surface area (Å²) in [6, 6.07) is 3.14. The van der Waals surface area contributed by atoms with Gasteiger partial charge in [-0.15, -0.1) is 0 Å². The van der Waals surface area contributed by atoms with Crippen molar-refractivity contribution in [3.63, 3.8) is 0 Å². The maximum Gasteiger partial charge on any atom is 0.341 e. The molecule has 1 rings (SSSR count). The van der Waals surface area contributed by atoms with Crippen molar-refractivity contribution in [1.82, 2.24) is 4.98 Å². The van der Waals surface area contributed by atoms with E-state index in [2.05, 4.69) is 22.1 Å². The van der Waals surface area contributed by atoms with Gasteiger partial charge >= 0.3 is 5.97 Å². The Balaban J connectivity index is 2.83. The first-order valence-electron chi connectivity index (χ1n) is 6.10. The Hall–Kier alpha value is -1.73. The number of anilines is 1. The second kappa shape index (κ2) is 7.65. The molecule has 0 saturated carbocycles. The fraction of sp³-hybridized carbons (Fsp3) is 0.429. The molecule has 5 heteroatoms. The van der Waals surface area contributed by atoms with Gasteiger partial charge in [-0.25, -0.2) is 9.78 Å². The Bertz CT molecular complexity index is 504. The van der Waals surface area contributed by atoms with Crippen LogP contribution in [-0.2, 0) is 4.74 Å². The Morgan fingerprint density at radius 1 is 1.53 bits per heavy atom. The summed E-state index contributed by atoms with van der Waals surface area (Å²) >= 11 is 5.82. The first-order valence-corrected chi connectivity index (χ1v) is 6.48. The topological polar surface area (TPSA) is 51.2 Å². The van der Waals surface area contributed by atoms with Crippen LogP contribution in [0.3, 0.4) is 0 Å². The quantitative estimate of drug-likeness (QED) is 0.523. The van der Waals surface area contributed by atoms with Gasteiger partial charge in [0, 0.05) is 5.92 Å². The zero-order valence-corrected chi connectivity index (χ0v) is 12.0. The van der Waals surface area contributed by atoms with Crippen LogP contribution in [0.25, 0.3) is 0 Å². The molecule has 4 nitrogen and oxygen atoms in total. The minimum atomic E-state index is -0.425. The molecule has 0 radical (unpaired) electrons. The zero-order valence-electron chi connectivity index (χ0n) is 11.3. The van der Waals surface area contributed by atoms with E-state index in [0.29, 0.717) is 35.6 Å². The third-order valence-corrected chi connectivity index (χ3v) is 2.30. The number of halogens is 1. The fourth-order valence-electron chi connectivity index (χ4n) is 1.33. The van der Waals surface area contributed by atoms with E-state index in [1.807, 2.05) is 13.8 Å². The molecule has 19 heavy (non-hydrogen) atoms. The second-order valence-corrected chi connectivity index (χ2v) is 4.47. The molecule has 0 atom stereocenters. The van der Waals surface area contributed by atoms with Crippen LogP contribution >= 0.6 is 11.6 Å². The first kappa shape index (κ1) is 15.3. The molecule has 0 aliphatic heterocycles. The lowest BCUT2D eigenvalue weighted by molar-refractivity contribution is 0.0527. The highest BCUT2D eigenvalue weighted by molar-refractivity contribution is 6.29. The highest BCUT2D eigenvalue weighted by Gasteiger charge is 2.13. The van der Waals surface area contributed by atoms with E-state index in [1.165, 1.54) is 0 Å². The molecule has 0 spiro atoms. The van der Waals surface area contributed by atoms with Gasteiger partial charge in [-0.2, -0.15) is 0 Å². The number of pyridine rings is 1. The van der Waals surface area contributed by atoms with E-state index in [1.54, 1.807) is 19.1 Å². The van der Waals surface area contributed by atoms with Crippen LogP contribution in [0.15, 0.2) is 12.1 Å². The van der Waals surface area contributed by atoms with Crippen molar-refractivity contribution in [2.45, 2.75) is 20.8 Å². The van der Waals surface area contributed by atoms with Gasteiger partial charge in [-0.05, 0) is 19.1 Å². The van der Waals surface area contributed by atoms with Gasteiger partial charge in [0.25, 0.3) is 0 Å². The average Bonchev–Trinajstić information content (AvgIpc) is 2.34. The number of ether oxygens (including phenoxy) is 1. The van der Waals surface area contributed by atoms with Gasteiger partial charge in [0.05, 0.1) is 13.2 Å². The highest BCUT2D eigenvalue weighted by atomic mass is 35.5. The lowest BCUT2D eigenvalue weighted by Gasteiger charge is -2.08. The molecular weight excluding hydrogens is 264 g/mol. The summed E-state index contributed by atoms with van der Waals surface area (Å²) in [4.78, 5) is 15.8. The van der Waals surface area contributed by atoms with E-state index in [0.717, 1.165) is 0 Å². The Kier molecular flexibility index (Phi) is 6.17. The first-order chi connectivity index (χ1) is 9.04. The SMILES string of the molecule is CCOC(=O)c1ccc(Cl)nc1NCC#CC(C)C. The average molecular weight is 281 g/mol. The monoisotopic (exact) mass is 280 g/mol. The van der Waals surface area contributed by atoms with Crippen molar-refractivity contribution in [3.05, 3.63) is 22.8 Å². The molecule has 0 saturated heterocycles. The standard InChI is InChI=1S/C14H17ClN2O2/c1-4-19-14(18)11-7-8-12(15)17-13(11)16-9-5-6-10(2)3/h7-8,10H,4,9H2,1-3H3,(H,16,17). The van der Waals surface area contributed by atoms with Gasteiger partial charge in [0.1, 0.15) is 16.5 Å². The molecule has 0 aliphatic carbocycles. The highest BCUT2D eigenvalue weighted by Crippen LogP contribution is 2.17. The zero-order chi connectivity index (χ0) is 14.3. The number of hydrogen-bond acceptors (Lipinski definition) is 4. The summed E-state index contributed by atoms with van der Waals surface area (Å²) < 4.78 is 4.95. The molecule has 0 aliphatic rings. The van der Waals surface area contributed by atoms with E-state index < -0.39 is 5.97 Å². The van der Waals surface area contributed by atoms with Gasteiger partial charge < -0.3 is 10.1 Å². The summed E-state index contributed by atoms with van der Waals surface area (Å²) in [7, 11) is 0. The van der Waals surface area contributed by atoms with Gasteiger partial charge in [-0.3, -0.25) is 0 Å². The van der Waals surface area contributed by atoms with Crippen LogP contribution in [0.5, 0.6) is 0 Å². The molecule has 1 aromatic heterocycles. The molecular formula is C14H17ClN2O2. The van der Waals surface area contributed by atoms with E-state index in [4.69, 9.17) is 16.3 Å². The molecule has 0 fully saturated rings. The Labute approximate surface area is 118 Å². The minimum absolute atomic E-state index is 0.304. The lowest BCUT2D eigenvalue weighted by Crippen LogP contribution is -2.11. The summed E-state index contributed by atoms with van der Waals surface area (Å²) in [5.74, 6) is 6.24. The lowest BCUT2D eigenvalue weighted by atomic mass is 10.2. The Morgan fingerprint density at radius 3 is 2.89 bits per heavy atom. The fourth-order valence-corrected chi connectivity index (χ4v) is 1.47. The smallest absolute Gasteiger partial charge is 0.341 e. The van der Waals surface area contributed by atoms with Crippen molar-refractivity contribution in [1.29, 1.82) is 0 Å². The van der Waals surface area contributed by atoms with Crippen LogP contribution < -0.4 is 5.32 Å².